The van der Waals surface area contributed by atoms with E-state index in [0.29, 0.717) is 11.4 Å². The van der Waals surface area contributed by atoms with Gasteiger partial charge in [-0.05, 0) is 49.9 Å². The molecule has 1 aliphatic heterocycles. The van der Waals surface area contributed by atoms with E-state index in [1.807, 2.05) is 0 Å². The maximum Gasteiger partial charge on any atom is 0.228 e. The number of carbonyl (C=O) groups is 1. The lowest BCUT2D eigenvalue weighted by molar-refractivity contribution is -0.118. The summed E-state index contributed by atoms with van der Waals surface area (Å²) < 4.78 is 15.2. The van der Waals surface area contributed by atoms with Crippen molar-refractivity contribution in [1.82, 2.24) is 15.1 Å². The van der Waals surface area contributed by atoms with Crippen LogP contribution in [0.25, 0.3) is 5.69 Å². The highest BCUT2D eigenvalue weighted by Gasteiger charge is 2.57. The summed E-state index contributed by atoms with van der Waals surface area (Å²) in [5.41, 5.74) is 1.18. The molecule has 1 aliphatic carbocycles. The predicted molar refractivity (Wildman–Crippen MR) is 92.0 cm³/mol. The number of para-hydroxylation sites is 1. The van der Waals surface area contributed by atoms with Gasteiger partial charge in [-0.1, -0.05) is 12.1 Å². The largest absolute Gasteiger partial charge is 0.323 e. The number of carbonyl (C=O) groups excluding carboxylic acids is 1. The lowest BCUT2D eigenvalue weighted by atomic mass is 9.92. The first-order chi connectivity index (χ1) is 11.2. The molecule has 4 rings (SSSR count). The van der Waals surface area contributed by atoms with Crippen molar-refractivity contribution in [1.29, 1.82) is 0 Å². The number of benzene rings is 1. The molecule has 1 aromatic heterocycles. The highest BCUT2D eigenvalue weighted by Crippen LogP contribution is 2.58. The summed E-state index contributed by atoms with van der Waals surface area (Å²) >= 11 is 0. The molecule has 2 aliphatic rings. The van der Waals surface area contributed by atoms with Crippen LogP contribution in [-0.2, 0) is 4.79 Å². The summed E-state index contributed by atoms with van der Waals surface area (Å²) in [5, 5.41) is 10.4. The number of nitrogens with zero attached hydrogens (tertiary/aromatic N) is 2. The fourth-order valence-electron chi connectivity index (χ4n) is 3.58. The van der Waals surface area contributed by atoms with Crippen LogP contribution in [0.3, 0.4) is 0 Å². The van der Waals surface area contributed by atoms with E-state index >= 15 is 0 Å². The second kappa shape index (κ2) is 6.53. The Morgan fingerprint density at radius 2 is 2.08 bits per heavy atom. The second-order valence-electron chi connectivity index (χ2n) is 6.48. The zero-order chi connectivity index (χ0) is 15.9. The third-order valence-electron chi connectivity index (χ3n) is 5.05. The molecule has 2 N–H and O–H groups in total. The lowest BCUT2D eigenvalue weighted by Gasteiger charge is -2.23. The number of anilines is 1. The zero-order valence-corrected chi connectivity index (χ0v) is 14.0. The number of aromatic nitrogens is 2. The molecule has 1 saturated heterocycles. The first-order valence-electron chi connectivity index (χ1n) is 7.99. The molecule has 1 atom stereocenters. The molecule has 128 valence electrons. The second-order valence-corrected chi connectivity index (χ2v) is 6.48. The average Bonchev–Trinajstić information content (AvgIpc) is 3.04. The van der Waals surface area contributed by atoms with Gasteiger partial charge in [0.15, 0.2) is 0 Å². The third kappa shape index (κ3) is 3.03. The summed E-state index contributed by atoms with van der Waals surface area (Å²) in [6.45, 7) is 1.99. The minimum Gasteiger partial charge on any atom is -0.323 e. The minimum atomic E-state index is -0.343. The van der Waals surface area contributed by atoms with Crippen molar-refractivity contribution in [3.8, 4) is 5.69 Å². The average molecular weight is 351 g/mol. The summed E-state index contributed by atoms with van der Waals surface area (Å²) in [4.78, 5) is 12.4. The van der Waals surface area contributed by atoms with Crippen molar-refractivity contribution in [2.24, 2.45) is 11.3 Å². The van der Waals surface area contributed by atoms with E-state index in [2.05, 4.69) is 15.7 Å². The molecule has 5 nitrogen and oxygen atoms in total. The van der Waals surface area contributed by atoms with E-state index in [1.54, 1.807) is 30.6 Å². The Hall–Kier alpha value is -1.92. The fraction of sp³-hybridized carbons (Fsp3) is 0.412. The molecule has 1 spiro atoms. The van der Waals surface area contributed by atoms with Crippen molar-refractivity contribution in [3.63, 3.8) is 0 Å². The maximum absolute atomic E-state index is 13.8. The Morgan fingerprint density at radius 3 is 2.83 bits per heavy atom. The van der Waals surface area contributed by atoms with Gasteiger partial charge in [0, 0.05) is 5.92 Å². The Balaban J connectivity index is 0.00000169. The number of nitrogens with one attached hydrogen (secondary N) is 2. The van der Waals surface area contributed by atoms with Gasteiger partial charge in [0.1, 0.15) is 11.5 Å². The number of halogens is 2. The third-order valence-corrected chi connectivity index (χ3v) is 5.05. The van der Waals surface area contributed by atoms with E-state index in [1.165, 1.54) is 10.7 Å². The van der Waals surface area contributed by atoms with Crippen molar-refractivity contribution >= 4 is 24.0 Å². The Kier molecular flexibility index (Phi) is 4.60. The van der Waals surface area contributed by atoms with Crippen LogP contribution in [0.1, 0.15) is 19.3 Å². The van der Waals surface area contributed by atoms with Crippen LogP contribution in [0, 0.1) is 17.2 Å². The first-order valence-corrected chi connectivity index (χ1v) is 7.99. The van der Waals surface area contributed by atoms with E-state index in [9.17, 15) is 9.18 Å². The predicted octanol–water partition coefficient (Wildman–Crippen LogP) is 2.76. The van der Waals surface area contributed by atoms with Crippen LogP contribution in [0.5, 0.6) is 0 Å². The minimum absolute atomic E-state index is 0. The van der Waals surface area contributed by atoms with Gasteiger partial charge in [0.25, 0.3) is 0 Å². The van der Waals surface area contributed by atoms with Gasteiger partial charge < -0.3 is 10.6 Å². The molecule has 7 heteroatoms. The number of piperidine rings is 1. The molecule has 24 heavy (non-hydrogen) atoms. The van der Waals surface area contributed by atoms with E-state index in [0.717, 1.165) is 32.4 Å². The smallest absolute Gasteiger partial charge is 0.228 e. The molecule has 0 bridgehead atoms. The van der Waals surface area contributed by atoms with E-state index in [-0.39, 0.29) is 35.5 Å². The maximum atomic E-state index is 13.8. The summed E-state index contributed by atoms with van der Waals surface area (Å²) in [7, 11) is 0. The molecule has 1 saturated carbocycles. The molecular formula is C17H20ClFN4O. The molecule has 2 heterocycles. The van der Waals surface area contributed by atoms with Crippen LogP contribution in [0.4, 0.5) is 10.1 Å². The van der Waals surface area contributed by atoms with Crippen molar-refractivity contribution in [2.75, 3.05) is 18.4 Å². The van der Waals surface area contributed by atoms with Gasteiger partial charge in [-0.2, -0.15) is 5.10 Å². The van der Waals surface area contributed by atoms with Gasteiger partial charge >= 0.3 is 0 Å². The molecule has 1 unspecified atom stereocenters. The number of amides is 1. The first kappa shape index (κ1) is 16.9. The lowest BCUT2D eigenvalue weighted by Crippen LogP contribution is -2.31. The van der Waals surface area contributed by atoms with Crippen molar-refractivity contribution in [2.45, 2.75) is 19.3 Å². The van der Waals surface area contributed by atoms with Crippen LogP contribution in [0.15, 0.2) is 36.7 Å². The van der Waals surface area contributed by atoms with Gasteiger partial charge in [-0.3, -0.25) is 4.79 Å². The molecule has 1 aromatic carbocycles. The summed E-state index contributed by atoms with van der Waals surface area (Å²) in [6.07, 6.45) is 6.32. The van der Waals surface area contributed by atoms with E-state index < -0.39 is 0 Å². The van der Waals surface area contributed by atoms with Crippen molar-refractivity contribution < 1.29 is 9.18 Å². The zero-order valence-electron chi connectivity index (χ0n) is 13.2. The van der Waals surface area contributed by atoms with Crippen molar-refractivity contribution in [3.05, 3.63) is 42.5 Å². The highest BCUT2D eigenvalue weighted by atomic mass is 35.5. The number of hydrogen-bond donors (Lipinski definition) is 2. The van der Waals surface area contributed by atoms with Gasteiger partial charge in [-0.25, -0.2) is 9.07 Å². The van der Waals surface area contributed by atoms with Crippen LogP contribution in [0.2, 0.25) is 0 Å². The molecular weight excluding hydrogens is 331 g/mol. The normalized spacial score (nSPS) is 21.1. The monoisotopic (exact) mass is 350 g/mol. The van der Waals surface area contributed by atoms with Gasteiger partial charge in [0.05, 0.1) is 18.1 Å². The number of rotatable bonds is 3. The summed E-state index contributed by atoms with van der Waals surface area (Å²) in [5.74, 6) is -0.189. The molecule has 0 radical (unpaired) electrons. The number of hydrogen-bond acceptors (Lipinski definition) is 3. The standard InChI is InChI=1S/C17H19FN4O.ClH/c18-14-3-1-2-4-15(14)22-11-12(10-20-22)21-16(23)13-9-17(13)5-7-19-8-6-17;/h1-4,10-11,13,19H,5-9H2,(H,21,23);1H. The van der Waals surface area contributed by atoms with Crippen LogP contribution in [-0.4, -0.2) is 28.8 Å². The molecule has 2 fully saturated rings. The SMILES string of the molecule is Cl.O=C(Nc1cnn(-c2ccccc2F)c1)C1CC12CCNCC2. The molecule has 2 aromatic rings. The molecule has 1 amide bonds. The quantitative estimate of drug-likeness (QED) is 0.895. The van der Waals surface area contributed by atoms with Gasteiger partial charge in [0.2, 0.25) is 5.91 Å². The van der Waals surface area contributed by atoms with E-state index in [4.69, 9.17) is 0 Å². The van der Waals surface area contributed by atoms with Gasteiger partial charge in [-0.15, -0.1) is 12.4 Å². The topological polar surface area (TPSA) is 59.0 Å². The fourth-order valence-corrected chi connectivity index (χ4v) is 3.58. The Morgan fingerprint density at radius 1 is 1.33 bits per heavy atom. The Bertz CT molecular complexity index is 742. The van der Waals surface area contributed by atoms with Crippen LogP contribution >= 0.6 is 12.4 Å². The Labute approximate surface area is 146 Å². The van der Waals surface area contributed by atoms with Crippen LogP contribution < -0.4 is 10.6 Å². The summed E-state index contributed by atoms with van der Waals surface area (Å²) in [6, 6.07) is 6.43. The highest BCUT2D eigenvalue weighted by molar-refractivity contribution is 5.95.